The first-order valence-electron chi connectivity index (χ1n) is 5.54. The third-order valence-electron chi connectivity index (χ3n) is 2.63. The van der Waals surface area contributed by atoms with Crippen LogP contribution in [0.5, 0.6) is 5.75 Å². The van der Waals surface area contributed by atoms with Gasteiger partial charge < -0.3 is 4.74 Å². The first-order valence-corrected chi connectivity index (χ1v) is 5.54. The molecule has 0 aliphatic carbocycles. The Morgan fingerprint density at radius 2 is 1.86 bits per heavy atom. The summed E-state index contributed by atoms with van der Waals surface area (Å²) in [6.07, 6.45) is 2.40. The summed E-state index contributed by atoms with van der Waals surface area (Å²) in [7, 11) is 0. The van der Waals surface area contributed by atoms with Crippen molar-refractivity contribution in [2.24, 2.45) is 0 Å². The van der Waals surface area contributed by atoms with Crippen LogP contribution in [0.15, 0.2) is 24.3 Å². The van der Waals surface area contributed by atoms with E-state index in [-0.39, 0.29) is 0 Å². The van der Waals surface area contributed by atoms with Crippen LogP contribution in [0, 0.1) is 0 Å². The third kappa shape index (κ3) is 2.76. The molecule has 14 heavy (non-hydrogen) atoms. The van der Waals surface area contributed by atoms with E-state index in [1.165, 1.54) is 18.4 Å². The molecule has 1 nitrogen and oxygen atoms in total. The second kappa shape index (κ2) is 5.69. The summed E-state index contributed by atoms with van der Waals surface area (Å²) in [5.74, 6) is 1.67. The fraction of sp³-hybridized carbons (Fsp3) is 0.538. The van der Waals surface area contributed by atoms with E-state index in [4.69, 9.17) is 4.74 Å². The molecule has 0 aliphatic heterocycles. The zero-order valence-corrected chi connectivity index (χ0v) is 9.42. The summed E-state index contributed by atoms with van der Waals surface area (Å²) in [6, 6.07) is 8.47. The van der Waals surface area contributed by atoms with E-state index < -0.39 is 0 Å². The van der Waals surface area contributed by atoms with Crippen LogP contribution < -0.4 is 4.74 Å². The van der Waals surface area contributed by atoms with Crippen LogP contribution in [0.2, 0.25) is 0 Å². The summed E-state index contributed by atoms with van der Waals surface area (Å²) < 4.78 is 5.49. The predicted octanol–water partition coefficient (Wildman–Crippen LogP) is 3.99. The van der Waals surface area contributed by atoms with Crippen LogP contribution in [0.25, 0.3) is 0 Å². The average Bonchev–Trinajstić information content (AvgIpc) is 2.21. The summed E-state index contributed by atoms with van der Waals surface area (Å²) in [5, 5.41) is 0. The standard InChI is InChI=1S/C13H20O/c1-4-11(5-2)12-8-7-9-13(10-12)14-6-3/h7-11H,4-6H2,1-3H3. The molecule has 1 aromatic rings. The fourth-order valence-electron chi connectivity index (χ4n) is 1.79. The highest BCUT2D eigenvalue weighted by molar-refractivity contribution is 5.30. The molecule has 0 bridgehead atoms. The molecule has 0 atom stereocenters. The molecule has 0 spiro atoms. The van der Waals surface area contributed by atoms with Crippen LogP contribution in [0.4, 0.5) is 0 Å². The van der Waals surface area contributed by atoms with Gasteiger partial charge in [-0.3, -0.25) is 0 Å². The molecule has 0 aliphatic rings. The molecule has 0 unspecified atom stereocenters. The Hall–Kier alpha value is -0.980. The Kier molecular flexibility index (Phi) is 4.51. The molecular weight excluding hydrogens is 172 g/mol. The first-order chi connectivity index (χ1) is 6.81. The summed E-state index contributed by atoms with van der Waals surface area (Å²) >= 11 is 0. The van der Waals surface area contributed by atoms with Gasteiger partial charge in [-0.2, -0.15) is 0 Å². The van der Waals surface area contributed by atoms with E-state index in [0.29, 0.717) is 5.92 Å². The van der Waals surface area contributed by atoms with E-state index in [0.717, 1.165) is 12.4 Å². The van der Waals surface area contributed by atoms with Crippen LogP contribution in [-0.2, 0) is 0 Å². The number of rotatable bonds is 5. The van der Waals surface area contributed by atoms with Crippen molar-refractivity contribution in [2.75, 3.05) is 6.61 Å². The lowest BCUT2D eigenvalue weighted by atomic mass is 9.94. The van der Waals surface area contributed by atoms with E-state index >= 15 is 0 Å². The molecule has 1 heteroatoms. The van der Waals surface area contributed by atoms with Gasteiger partial charge >= 0.3 is 0 Å². The van der Waals surface area contributed by atoms with E-state index in [1.54, 1.807) is 0 Å². The molecule has 78 valence electrons. The van der Waals surface area contributed by atoms with Gasteiger partial charge in [0.1, 0.15) is 5.75 Å². The van der Waals surface area contributed by atoms with Crippen molar-refractivity contribution in [2.45, 2.75) is 39.5 Å². The minimum atomic E-state index is 0.676. The number of benzene rings is 1. The van der Waals surface area contributed by atoms with Gasteiger partial charge in [-0.05, 0) is 43.4 Å². The van der Waals surface area contributed by atoms with Gasteiger partial charge in [0.25, 0.3) is 0 Å². The fourth-order valence-corrected chi connectivity index (χ4v) is 1.79. The summed E-state index contributed by atoms with van der Waals surface area (Å²) in [6.45, 7) is 7.24. The Morgan fingerprint density at radius 1 is 1.14 bits per heavy atom. The van der Waals surface area contributed by atoms with Crippen molar-refractivity contribution in [1.82, 2.24) is 0 Å². The second-order valence-electron chi connectivity index (χ2n) is 3.52. The van der Waals surface area contributed by atoms with Gasteiger partial charge in [0.15, 0.2) is 0 Å². The largest absolute Gasteiger partial charge is 0.494 e. The van der Waals surface area contributed by atoms with E-state index in [2.05, 4.69) is 32.0 Å². The zero-order valence-electron chi connectivity index (χ0n) is 9.42. The van der Waals surface area contributed by atoms with Crippen LogP contribution in [-0.4, -0.2) is 6.61 Å². The summed E-state index contributed by atoms with van der Waals surface area (Å²) in [4.78, 5) is 0. The highest BCUT2D eigenvalue weighted by Crippen LogP contribution is 2.25. The maximum Gasteiger partial charge on any atom is 0.119 e. The zero-order chi connectivity index (χ0) is 10.4. The van der Waals surface area contributed by atoms with Crippen LogP contribution in [0.1, 0.15) is 45.1 Å². The average molecular weight is 192 g/mol. The number of ether oxygens (including phenoxy) is 1. The van der Waals surface area contributed by atoms with Gasteiger partial charge in [0, 0.05) is 0 Å². The molecule has 0 radical (unpaired) electrons. The molecule has 0 heterocycles. The van der Waals surface area contributed by atoms with Crippen molar-refractivity contribution >= 4 is 0 Å². The van der Waals surface area contributed by atoms with Gasteiger partial charge in [-0.15, -0.1) is 0 Å². The Balaban J connectivity index is 2.81. The van der Waals surface area contributed by atoms with Gasteiger partial charge in [0.2, 0.25) is 0 Å². The molecule has 0 saturated heterocycles. The van der Waals surface area contributed by atoms with Crippen molar-refractivity contribution in [1.29, 1.82) is 0 Å². The maximum absolute atomic E-state index is 5.49. The lowest BCUT2D eigenvalue weighted by molar-refractivity contribution is 0.339. The first kappa shape index (κ1) is 11.1. The molecule has 1 aromatic carbocycles. The minimum absolute atomic E-state index is 0.676. The lowest BCUT2D eigenvalue weighted by Crippen LogP contribution is -1.97. The number of hydrogen-bond acceptors (Lipinski definition) is 1. The highest BCUT2D eigenvalue weighted by atomic mass is 16.5. The highest BCUT2D eigenvalue weighted by Gasteiger charge is 2.06. The SMILES string of the molecule is CCOc1cccc(C(CC)CC)c1. The molecule has 0 aromatic heterocycles. The van der Waals surface area contributed by atoms with Crippen LogP contribution in [0.3, 0.4) is 0 Å². The monoisotopic (exact) mass is 192 g/mol. The van der Waals surface area contributed by atoms with Crippen molar-refractivity contribution in [3.63, 3.8) is 0 Å². The Morgan fingerprint density at radius 3 is 2.43 bits per heavy atom. The van der Waals surface area contributed by atoms with E-state index in [9.17, 15) is 0 Å². The lowest BCUT2D eigenvalue weighted by Gasteiger charge is -2.13. The molecule has 0 saturated carbocycles. The van der Waals surface area contributed by atoms with E-state index in [1.807, 2.05) is 13.0 Å². The van der Waals surface area contributed by atoms with Gasteiger partial charge in [-0.1, -0.05) is 26.0 Å². The molecule has 0 N–H and O–H groups in total. The van der Waals surface area contributed by atoms with Crippen molar-refractivity contribution in [3.8, 4) is 5.75 Å². The normalized spacial score (nSPS) is 10.6. The van der Waals surface area contributed by atoms with Gasteiger partial charge in [-0.25, -0.2) is 0 Å². The second-order valence-corrected chi connectivity index (χ2v) is 3.52. The maximum atomic E-state index is 5.49. The topological polar surface area (TPSA) is 9.23 Å². The third-order valence-corrected chi connectivity index (χ3v) is 2.63. The molecule has 0 amide bonds. The molecule has 0 fully saturated rings. The van der Waals surface area contributed by atoms with Crippen molar-refractivity contribution < 1.29 is 4.74 Å². The smallest absolute Gasteiger partial charge is 0.119 e. The predicted molar refractivity (Wildman–Crippen MR) is 60.9 cm³/mol. The Bertz CT molecular complexity index is 264. The number of hydrogen-bond donors (Lipinski definition) is 0. The molecular formula is C13H20O. The quantitative estimate of drug-likeness (QED) is 0.685. The Labute approximate surface area is 87.1 Å². The van der Waals surface area contributed by atoms with Crippen LogP contribution >= 0.6 is 0 Å². The summed E-state index contributed by atoms with van der Waals surface area (Å²) in [5.41, 5.74) is 1.40. The van der Waals surface area contributed by atoms with Gasteiger partial charge in [0.05, 0.1) is 6.61 Å². The van der Waals surface area contributed by atoms with Crippen molar-refractivity contribution in [3.05, 3.63) is 29.8 Å². The molecule has 1 rings (SSSR count). The minimum Gasteiger partial charge on any atom is -0.494 e.